The van der Waals surface area contributed by atoms with E-state index in [2.05, 4.69) is 26.9 Å². The largest absolute Gasteiger partial charge is 0.460 e. The first-order valence-corrected chi connectivity index (χ1v) is 11.9. The van der Waals surface area contributed by atoms with Gasteiger partial charge in [0.15, 0.2) is 0 Å². The van der Waals surface area contributed by atoms with Gasteiger partial charge in [0.1, 0.15) is 17.2 Å². The fraction of sp³-hybridized carbons (Fsp3) is 0.462. The van der Waals surface area contributed by atoms with Crippen molar-refractivity contribution in [1.29, 1.82) is 0 Å². The third-order valence-corrected chi connectivity index (χ3v) is 6.83. The third-order valence-electron chi connectivity index (χ3n) is 6.83. The van der Waals surface area contributed by atoms with Crippen molar-refractivity contribution < 1.29 is 9.21 Å². The van der Waals surface area contributed by atoms with Crippen LogP contribution in [0.5, 0.6) is 0 Å². The number of aromatic nitrogens is 1. The summed E-state index contributed by atoms with van der Waals surface area (Å²) in [5.74, 6) is 2.94. The number of para-hydroxylation sites is 1. The summed E-state index contributed by atoms with van der Waals surface area (Å²) in [6.07, 6.45) is 5.89. The molecule has 4 heterocycles. The van der Waals surface area contributed by atoms with E-state index in [0.717, 1.165) is 69.4 Å². The smallest absolute Gasteiger partial charge is 0.222 e. The zero-order chi connectivity index (χ0) is 21.8. The fourth-order valence-electron chi connectivity index (χ4n) is 5.08. The molecule has 0 spiro atoms. The van der Waals surface area contributed by atoms with Crippen molar-refractivity contribution in [2.45, 2.75) is 32.2 Å². The minimum absolute atomic E-state index is 0.306. The Hall–Kier alpha value is -2.86. The van der Waals surface area contributed by atoms with Gasteiger partial charge in [0.25, 0.3) is 0 Å². The van der Waals surface area contributed by atoms with Gasteiger partial charge in [-0.15, -0.1) is 0 Å². The minimum atomic E-state index is 0.306. The van der Waals surface area contributed by atoms with Gasteiger partial charge in [-0.2, -0.15) is 0 Å². The average Bonchev–Trinajstić information content (AvgIpc) is 3.26. The fourth-order valence-corrected chi connectivity index (χ4v) is 5.08. The Bertz CT molecular complexity index is 993. The number of amides is 1. The van der Waals surface area contributed by atoms with Crippen molar-refractivity contribution in [3.8, 4) is 0 Å². The quantitative estimate of drug-likeness (QED) is 0.585. The van der Waals surface area contributed by atoms with Gasteiger partial charge in [-0.25, -0.2) is 4.98 Å². The second-order valence-corrected chi connectivity index (χ2v) is 9.09. The number of fused-ring (bicyclic) bond motifs is 1. The van der Waals surface area contributed by atoms with Crippen LogP contribution in [0.25, 0.3) is 11.0 Å². The molecule has 2 saturated heterocycles. The van der Waals surface area contributed by atoms with Crippen molar-refractivity contribution in [2.75, 3.05) is 44.2 Å². The number of nitrogens with zero attached hydrogens (tertiary/aromatic N) is 4. The molecule has 1 aromatic carbocycles. The summed E-state index contributed by atoms with van der Waals surface area (Å²) in [5.41, 5.74) is 0.963. The van der Waals surface area contributed by atoms with Crippen LogP contribution < -0.4 is 4.90 Å². The van der Waals surface area contributed by atoms with Crippen LogP contribution in [0.3, 0.4) is 0 Å². The van der Waals surface area contributed by atoms with Crippen LogP contribution in [-0.2, 0) is 11.3 Å². The van der Waals surface area contributed by atoms with E-state index in [0.29, 0.717) is 18.2 Å². The van der Waals surface area contributed by atoms with E-state index in [4.69, 9.17) is 4.42 Å². The molecule has 5 rings (SSSR count). The van der Waals surface area contributed by atoms with Crippen molar-refractivity contribution >= 4 is 22.7 Å². The second-order valence-electron chi connectivity index (χ2n) is 9.09. The molecule has 2 aliphatic heterocycles. The zero-order valence-corrected chi connectivity index (χ0v) is 18.7. The molecule has 1 atom stereocenters. The number of pyridine rings is 1. The molecule has 0 aliphatic carbocycles. The van der Waals surface area contributed by atoms with E-state index in [1.165, 1.54) is 18.2 Å². The molecule has 2 aromatic heterocycles. The maximum atomic E-state index is 12.8. The Labute approximate surface area is 189 Å². The van der Waals surface area contributed by atoms with Gasteiger partial charge < -0.3 is 14.2 Å². The highest BCUT2D eigenvalue weighted by Gasteiger charge is 2.25. The summed E-state index contributed by atoms with van der Waals surface area (Å²) in [6, 6.07) is 16.3. The molecule has 6 nitrogen and oxygen atoms in total. The first-order chi connectivity index (χ1) is 15.7. The lowest BCUT2D eigenvalue weighted by Crippen LogP contribution is -2.49. The first kappa shape index (κ1) is 21.0. The van der Waals surface area contributed by atoms with Crippen LogP contribution in [0.1, 0.15) is 31.4 Å². The molecule has 2 fully saturated rings. The Morgan fingerprint density at radius 1 is 1.03 bits per heavy atom. The van der Waals surface area contributed by atoms with Gasteiger partial charge in [-0.1, -0.05) is 24.3 Å². The van der Waals surface area contributed by atoms with Crippen molar-refractivity contribution in [2.24, 2.45) is 5.92 Å². The number of furan rings is 1. The predicted molar refractivity (Wildman–Crippen MR) is 126 cm³/mol. The highest BCUT2D eigenvalue weighted by molar-refractivity contribution is 5.77. The van der Waals surface area contributed by atoms with Gasteiger partial charge in [0.2, 0.25) is 5.91 Å². The van der Waals surface area contributed by atoms with Gasteiger partial charge >= 0.3 is 0 Å². The van der Waals surface area contributed by atoms with Crippen molar-refractivity contribution in [3.05, 3.63) is 60.5 Å². The van der Waals surface area contributed by atoms with Crippen LogP contribution >= 0.6 is 0 Å². The van der Waals surface area contributed by atoms with Crippen LogP contribution in [0.2, 0.25) is 0 Å². The molecule has 168 valence electrons. The summed E-state index contributed by atoms with van der Waals surface area (Å²) in [4.78, 5) is 24.0. The molecular formula is C26H32N4O2. The van der Waals surface area contributed by atoms with Gasteiger partial charge in [-0.3, -0.25) is 9.69 Å². The minimum Gasteiger partial charge on any atom is -0.460 e. The molecule has 3 aromatic rings. The third kappa shape index (κ3) is 4.96. The molecule has 2 aliphatic rings. The van der Waals surface area contributed by atoms with Crippen LogP contribution in [0.15, 0.2) is 59.1 Å². The first-order valence-electron chi connectivity index (χ1n) is 11.9. The zero-order valence-electron chi connectivity index (χ0n) is 18.7. The topological polar surface area (TPSA) is 52.8 Å². The van der Waals surface area contributed by atoms with Gasteiger partial charge in [0.05, 0.1) is 6.54 Å². The molecule has 0 N–H and O–H groups in total. The van der Waals surface area contributed by atoms with E-state index in [1.54, 1.807) is 0 Å². The summed E-state index contributed by atoms with van der Waals surface area (Å²) in [5, 5.41) is 1.17. The Morgan fingerprint density at radius 2 is 1.88 bits per heavy atom. The summed E-state index contributed by atoms with van der Waals surface area (Å²) < 4.78 is 6.01. The number of rotatable bonds is 6. The highest BCUT2D eigenvalue weighted by Crippen LogP contribution is 2.25. The Kier molecular flexibility index (Phi) is 6.39. The van der Waals surface area contributed by atoms with Gasteiger partial charge in [-0.05, 0) is 56.0 Å². The molecule has 1 amide bonds. The molecular weight excluding hydrogens is 400 g/mol. The number of hydrogen-bond acceptors (Lipinski definition) is 5. The number of likely N-dealkylation sites (tertiary alicyclic amines) is 1. The lowest BCUT2D eigenvalue weighted by Gasteiger charge is -2.36. The molecule has 32 heavy (non-hydrogen) atoms. The number of benzene rings is 1. The second kappa shape index (κ2) is 9.74. The summed E-state index contributed by atoms with van der Waals surface area (Å²) >= 11 is 0. The average molecular weight is 433 g/mol. The van der Waals surface area contributed by atoms with Crippen molar-refractivity contribution in [3.63, 3.8) is 0 Å². The Balaban J connectivity index is 1.07. The SMILES string of the molecule is O=C(CC[C@H]1CCCN(Cc2cc3ccccc3o2)C1)N1CCN(c2ccccn2)CC1. The number of hydrogen-bond donors (Lipinski definition) is 0. The number of piperazine rings is 1. The maximum absolute atomic E-state index is 12.8. The van der Waals surface area contributed by atoms with E-state index >= 15 is 0 Å². The molecule has 0 bridgehead atoms. The highest BCUT2D eigenvalue weighted by atomic mass is 16.3. The number of anilines is 1. The molecule has 0 saturated carbocycles. The molecule has 0 unspecified atom stereocenters. The summed E-state index contributed by atoms with van der Waals surface area (Å²) in [7, 11) is 0. The molecule has 6 heteroatoms. The lowest BCUT2D eigenvalue weighted by atomic mass is 9.93. The van der Waals surface area contributed by atoms with E-state index < -0.39 is 0 Å². The number of piperidine rings is 1. The van der Waals surface area contributed by atoms with Gasteiger partial charge in [0, 0.05) is 50.7 Å². The van der Waals surface area contributed by atoms with E-state index in [1.807, 2.05) is 47.5 Å². The standard InChI is InChI=1S/C26H32N4O2/c31-26(30-16-14-29(15-17-30)25-9-3-4-12-27-25)11-10-21-6-5-13-28(19-21)20-23-18-22-7-1-2-8-24(22)32-23/h1-4,7-9,12,18,21H,5-6,10-11,13-17,19-20H2/t21-/m1/s1. The van der Waals surface area contributed by atoms with E-state index in [9.17, 15) is 4.79 Å². The van der Waals surface area contributed by atoms with Crippen LogP contribution in [0, 0.1) is 5.92 Å². The number of carbonyl (C=O) groups is 1. The van der Waals surface area contributed by atoms with Crippen LogP contribution in [0.4, 0.5) is 5.82 Å². The normalized spacial score (nSPS) is 20.1. The number of carbonyl (C=O) groups excluding carboxylic acids is 1. The molecule has 0 radical (unpaired) electrons. The Morgan fingerprint density at radius 3 is 2.69 bits per heavy atom. The van der Waals surface area contributed by atoms with E-state index in [-0.39, 0.29) is 0 Å². The summed E-state index contributed by atoms with van der Waals surface area (Å²) in [6.45, 7) is 6.31. The van der Waals surface area contributed by atoms with Crippen LogP contribution in [-0.4, -0.2) is 60.0 Å². The maximum Gasteiger partial charge on any atom is 0.222 e. The predicted octanol–water partition coefficient (Wildman–Crippen LogP) is 4.17. The van der Waals surface area contributed by atoms with Crippen molar-refractivity contribution in [1.82, 2.24) is 14.8 Å². The monoisotopic (exact) mass is 432 g/mol. The lowest BCUT2D eigenvalue weighted by molar-refractivity contribution is -0.131.